The molecule has 170 valence electrons. The molecule has 2 N–H and O–H groups in total. The molecule has 33 heavy (non-hydrogen) atoms. The van der Waals surface area contributed by atoms with Gasteiger partial charge in [-0.1, -0.05) is 78.4 Å². The fraction of sp³-hybridized carbons (Fsp3) is 0.120. The van der Waals surface area contributed by atoms with Crippen molar-refractivity contribution in [2.75, 3.05) is 11.9 Å². The van der Waals surface area contributed by atoms with Crippen LogP contribution in [0.1, 0.15) is 22.8 Å². The molecule has 7 nitrogen and oxygen atoms in total. The summed E-state index contributed by atoms with van der Waals surface area (Å²) in [7, 11) is -3.89. The van der Waals surface area contributed by atoms with Crippen LogP contribution in [0.25, 0.3) is 6.08 Å². The number of hydrogen-bond donors (Lipinski definition) is 2. The Hall–Kier alpha value is -3.75. The molecule has 1 amide bonds. The Labute approximate surface area is 193 Å². The Morgan fingerprint density at radius 3 is 2.15 bits per heavy atom. The number of benzene rings is 3. The number of rotatable bonds is 9. The maximum Gasteiger partial charge on any atom is 0.322 e. The predicted octanol–water partition coefficient (Wildman–Crippen LogP) is 3.81. The highest BCUT2D eigenvalue weighted by Gasteiger charge is 2.25. The van der Waals surface area contributed by atoms with Gasteiger partial charge in [0, 0.05) is 16.7 Å². The minimum atomic E-state index is -3.89. The first-order valence-electron chi connectivity index (χ1n) is 10.2. The average molecular weight is 465 g/mol. The first kappa shape index (κ1) is 23.9. The normalized spacial score (nSPS) is 12.3. The van der Waals surface area contributed by atoms with Gasteiger partial charge in [-0.3, -0.25) is 9.59 Å². The van der Waals surface area contributed by atoms with Crippen LogP contribution in [0.2, 0.25) is 0 Å². The summed E-state index contributed by atoms with van der Waals surface area (Å²) in [4.78, 5) is 25.2. The molecular formula is C25H24N2O5S. The smallest absolute Gasteiger partial charge is 0.322 e. The van der Waals surface area contributed by atoms with Gasteiger partial charge in [-0.05, 0) is 30.7 Å². The van der Waals surface area contributed by atoms with E-state index in [1.165, 1.54) is 6.08 Å². The molecule has 0 fully saturated rings. The first-order chi connectivity index (χ1) is 15.8. The molecule has 0 heterocycles. The average Bonchev–Trinajstić information content (AvgIpc) is 2.82. The number of aryl methyl sites for hydroxylation is 1. The van der Waals surface area contributed by atoms with Crippen LogP contribution < -0.4 is 10.0 Å². The Kier molecular flexibility index (Phi) is 8.12. The van der Waals surface area contributed by atoms with E-state index in [-0.39, 0.29) is 0 Å². The molecular weight excluding hydrogens is 440 g/mol. The van der Waals surface area contributed by atoms with Crippen LogP contribution in [0, 0.1) is 6.92 Å². The number of hydrogen-bond acceptors (Lipinski definition) is 5. The lowest BCUT2D eigenvalue weighted by Crippen LogP contribution is -2.32. The summed E-state index contributed by atoms with van der Waals surface area (Å²) >= 11 is 0. The van der Waals surface area contributed by atoms with Crippen LogP contribution >= 0.6 is 0 Å². The number of para-hydroxylation sites is 1. The molecule has 0 saturated heterocycles. The first-order valence-corrected chi connectivity index (χ1v) is 11.7. The minimum Gasteiger partial charge on any atom is -0.446 e. The number of carbonyl (C=O) groups excluding carboxylic acids is 2. The number of carbonyl (C=O) groups is 2. The van der Waals surface area contributed by atoms with Gasteiger partial charge in [0.05, 0.1) is 0 Å². The Bertz CT molecular complexity index is 1210. The molecule has 0 bridgehead atoms. The van der Waals surface area contributed by atoms with Gasteiger partial charge in [0.15, 0.2) is 0 Å². The van der Waals surface area contributed by atoms with Crippen LogP contribution in [-0.2, 0) is 24.3 Å². The Balaban J connectivity index is 1.64. The molecule has 0 aliphatic rings. The summed E-state index contributed by atoms with van der Waals surface area (Å²) in [5.74, 6) is -1.44. The van der Waals surface area contributed by atoms with E-state index in [1.807, 2.05) is 25.1 Å². The highest BCUT2D eigenvalue weighted by Crippen LogP contribution is 2.20. The fourth-order valence-corrected chi connectivity index (χ4v) is 3.61. The van der Waals surface area contributed by atoms with Crippen molar-refractivity contribution in [1.82, 2.24) is 4.72 Å². The van der Waals surface area contributed by atoms with Crippen LogP contribution in [0.15, 0.2) is 90.3 Å². The van der Waals surface area contributed by atoms with Crippen molar-refractivity contribution in [3.63, 3.8) is 0 Å². The largest absolute Gasteiger partial charge is 0.446 e. The third kappa shape index (κ3) is 7.71. The second kappa shape index (κ2) is 11.2. The number of esters is 1. The van der Waals surface area contributed by atoms with Gasteiger partial charge in [-0.25, -0.2) is 13.1 Å². The van der Waals surface area contributed by atoms with Crippen molar-refractivity contribution >= 4 is 33.7 Å². The topological polar surface area (TPSA) is 102 Å². The number of sulfonamides is 1. The zero-order valence-electron chi connectivity index (χ0n) is 18.0. The third-order valence-electron chi connectivity index (χ3n) is 4.57. The molecule has 0 aromatic heterocycles. The van der Waals surface area contributed by atoms with Gasteiger partial charge in [0.1, 0.15) is 6.54 Å². The van der Waals surface area contributed by atoms with E-state index in [0.29, 0.717) is 16.8 Å². The lowest BCUT2D eigenvalue weighted by atomic mass is 10.1. The van der Waals surface area contributed by atoms with Gasteiger partial charge in [0.2, 0.25) is 16.1 Å². The van der Waals surface area contributed by atoms with Crippen molar-refractivity contribution in [3.05, 3.63) is 107 Å². The number of anilines is 1. The zero-order valence-corrected chi connectivity index (χ0v) is 18.8. The van der Waals surface area contributed by atoms with Crippen LogP contribution in [0.3, 0.4) is 0 Å². The third-order valence-corrected chi connectivity index (χ3v) is 5.61. The van der Waals surface area contributed by atoms with E-state index in [4.69, 9.17) is 4.74 Å². The maximum absolute atomic E-state index is 12.8. The maximum atomic E-state index is 12.8. The van der Waals surface area contributed by atoms with Crippen LogP contribution in [0.4, 0.5) is 5.69 Å². The summed E-state index contributed by atoms with van der Waals surface area (Å²) in [5, 5.41) is 3.67. The van der Waals surface area contributed by atoms with Gasteiger partial charge < -0.3 is 10.1 Å². The molecule has 0 radical (unpaired) electrons. The molecule has 1 unspecified atom stereocenters. The number of nitrogens with one attached hydrogen (secondary N) is 2. The highest BCUT2D eigenvalue weighted by molar-refractivity contribution is 7.92. The predicted molar refractivity (Wildman–Crippen MR) is 127 cm³/mol. The number of amides is 1. The van der Waals surface area contributed by atoms with E-state index in [9.17, 15) is 18.0 Å². The molecule has 0 aliphatic heterocycles. The molecule has 3 aromatic carbocycles. The van der Waals surface area contributed by atoms with Crippen LogP contribution in [-0.4, -0.2) is 26.8 Å². The van der Waals surface area contributed by atoms with Gasteiger partial charge in [-0.2, -0.15) is 0 Å². The summed E-state index contributed by atoms with van der Waals surface area (Å²) in [6.07, 6.45) is 0.180. The van der Waals surface area contributed by atoms with E-state index in [1.54, 1.807) is 66.7 Å². The summed E-state index contributed by atoms with van der Waals surface area (Å²) in [6, 6.07) is 24.5. The van der Waals surface area contributed by atoms with Crippen molar-refractivity contribution in [1.29, 1.82) is 0 Å². The van der Waals surface area contributed by atoms with Crippen molar-refractivity contribution in [2.45, 2.75) is 13.0 Å². The standard InChI is InChI=1S/C25H24N2O5S/c1-19-12-14-20(15-13-19)16-17-33(30,31)26-18-23(28)32-24(21-8-4-2-5-9-21)25(29)27-22-10-6-3-7-11-22/h2-17,24,26H,18H2,1H3,(H,27,29)/b17-16+. The van der Waals surface area contributed by atoms with Gasteiger partial charge in [-0.15, -0.1) is 0 Å². The highest BCUT2D eigenvalue weighted by atomic mass is 32.2. The van der Waals surface area contributed by atoms with Gasteiger partial charge in [0.25, 0.3) is 5.91 Å². The molecule has 1 atom stereocenters. The van der Waals surface area contributed by atoms with Crippen molar-refractivity contribution in [2.24, 2.45) is 0 Å². The zero-order chi connectivity index (χ0) is 23.7. The SMILES string of the molecule is Cc1ccc(/C=C/S(=O)(=O)NCC(=O)OC(C(=O)Nc2ccccc2)c2ccccc2)cc1. The van der Waals surface area contributed by atoms with Gasteiger partial charge >= 0.3 is 5.97 Å². The summed E-state index contributed by atoms with van der Waals surface area (Å²) < 4.78 is 31.9. The fourth-order valence-electron chi connectivity index (χ4n) is 2.86. The van der Waals surface area contributed by atoms with E-state index in [2.05, 4.69) is 10.0 Å². The lowest BCUT2D eigenvalue weighted by molar-refractivity contribution is -0.153. The second-order valence-electron chi connectivity index (χ2n) is 7.22. The minimum absolute atomic E-state index is 0.460. The molecule has 0 spiro atoms. The monoisotopic (exact) mass is 464 g/mol. The molecule has 8 heteroatoms. The van der Waals surface area contributed by atoms with Crippen molar-refractivity contribution in [3.8, 4) is 0 Å². The quantitative estimate of drug-likeness (QED) is 0.469. The van der Waals surface area contributed by atoms with Crippen LogP contribution in [0.5, 0.6) is 0 Å². The molecule has 3 aromatic rings. The number of ether oxygens (including phenoxy) is 1. The second-order valence-corrected chi connectivity index (χ2v) is 8.87. The molecule has 0 saturated carbocycles. The van der Waals surface area contributed by atoms with E-state index >= 15 is 0 Å². The van der Waals surface area contributed by atoms with Crippen molar-refractivity contribution < 1.29 is 22.7 Å². The summed E-state index contributed by atoms with van der Waals surface area (Å²) in [5.41, 5.74) is 2.76. The van der Waals surface area contributed by atoms with E-state index in [0.717, 1.165) is 11.0 Å². The Morgan fingerprint density at radius 1 is 0.909 bits per heavy atom. The molecule has 0 aliphatic carbocycles. The van der Waals surface area contributed by atoms with E-state index < -0.39 is 34.5 Å². The molecule has 3 rings (SSSR count). The lowest BCUT2D eigenvalue weighted by Gasteiger charge is -2.18. The summed E-state index contributed by atoms with van der Waals surface area (Å²) in [6.45, 7) is 1.31. The Morgan fingerprint density at radius 2 is 1.52 bits per heavy atom.